The minimum absolute atomic E-state index is 0.00185. The van der Waals surface area contributed by atoms with E-state index >= 15 is 0 Å². The first kappa shape index (κ1) is 11.7. The molecule has 12 heavy (non-hydrogen) atoms. The third-order valence-corrected chi connectivity index (χ3v) is 1.65. The summed E-state index contributed by atoms with van der Waals surface area (Å²) in [6, 6.07) is 0.00185. The average molecular weight is 185 g/mol. The van der Waals surface area contributed by atoms with Gasteiger partial charge in [-0.1, -0.05) is 6.92 Å². The van der Waals surface area contributed by atoms with E-state index in [2.05, 4.69) is 5.32 Å². The molecule has 0 bridgehead atoms. The number of aliphatic hydroxyl groups excluding tert-OH is 1. The molecule has 2 N–H and O–H groups in total. The molecular weight excluding hydrogens is 171 g/mol. The minimum atomic E-state index is -4.51. The summed E-state index contributed by atoms with van der Waals surface area (Å²) in [5, 5.41) is 11.1. The molecule has 0 amide bonds. The lowest BCUT2D eigenvalue weighted by molar-refractivity contribution is -0.202. The molecule has 2 nitrogen and oxygen atoms in total. The Morgan fingerprint density at radius 3 is 2.25 bits per heavy atom. The zero-order chi connectivity index (χ0) is 9.78. The Labute approximate surface area is 69.8 Å². The first-order valence-electron chi connectivity index (χ1n) is 3.86. The van der Waals surface area contributed by atoms with Crippen LogP contribution in [0.5, 0.6) is 0 Å². The van der Waals surface area contributed by atoms with Gasteiger partial charge in [-0.3, -0.25) is 0 Å². The summed E-state index contributed by atoms with van der Waals surface area (Å²) in [5.74, 6) is 0. The van der Waals surface area contributed by atoms with Crippen LogP contribution < -0.4 is 5.32 Å². The molecule has 0 saturated carbocycles. The second-order valence-corrected chi connectivity index (χ2v) is 2.77. The van der Waals surface area contributed by atoms with E-state index < -0.39 is 18.8 Å². The highest BCUT2D eigenvalue weighted by Crippen LogP contribution is 2.19. The van der Waals surface area contributed by atoms with Crippen molar-refractivity contribution in [2.45, 2.75) is 38.6 Å². The normalized spacial score (nSPS) is 17.5. The number of hydrogen-bond donors (Lipinski definition) is 2. The van der Waals surface area contributed by atoms with Gasteiger partial charge in [-0.25, -0.2) is 0 Å². The summed E-state index contributed by atoms with van der Waals surface area (Å²) in [5.41, 5.74) is 0. The van der Waals surface area contributed by atoms with Crippen LogP contribution in [0.25, 0.3) is 0 Å². The number of nitrogens with one attached hydrogen (secondary N) is 1. The van der Waals surface area contributed by atoms with Crippen LogP contribution in [-0.4, -0.2) is 30.0 Å². The lowest BCUT2D eigenvalue weighted by Crippen LogP contribution is -2.41. The van der Waals surface area contributed by atoms with E-state index in [9.17, 15) is 13.2 Å². The molecule has 2 atom stereocenters. The van der Waals surface area contributed by atoms with Crippen molar-refractivity contribution in [3.05, 3.63) is 0 Å². The Morgan fingerprint density at radius 2 is 1.92 bits per heavy atom. The van der Waals surface area contributed by atoms with Crippen LogP contribution >= 0.6 is 0 Å². The van der Waals surface area contributed by atoms with Gasteiger partial charge in [0.05, 0.1) is 0 Å². The molecule has 2 unspecified atom stereocenters. The van der Waals surface area contributed by atoms with E-state index in [0.717, 1.165) is 6.42 Å². The van der Waals surface area contributed by atoms with Crippen LogP contribution in [0.15, 0.2) is 0 Å². The zero-order valence-electron chi connectivity index (χ0n) is 7.15. The second-order valence-electron chi connectivity index (χ2n) is 2.77. The van der Waals surface area contributed by atoms with Crippen LogP contribution in [-0.2, 0) is 0 Å². The number of rotatable bonds is 4. The van der Waals surface area contributed by atoms with Gasteiger partial charge in [0.2, 0.25) is 0 Å². The van der Waals surface area contributed by atoms with E-state index in [1.807, 2.05) is 6.92 Å². The maximum absolute atomic E-state index is 11.7. The molecule has 0 aliphatic heterocycles. The lowest BCUT2D eigenvalue weighted by Gasteiger charge is -2.17. The summed E-state index contributed by atoms with van der Waals surface area (Å²) in [6.07, 6.45) is -6.03. The van der Waals surface area contributed by atoms with E-state index in [1.54, 1.807) is 6.92 Å². The van der Waals surface area contributed by atoms with Gasteiger partial charge in [0.1, 0.15) is 0 Å². The predicted octanol–water partition coefficient (Wildman–Crippen LogP) is 1.30. The Hall–Kier alpha value is -0.290. The zero-order valence-corrected chi connectivity index (χ0v) is 7.15. The standard InChI is InChI=1S/C7H14F3NO/c1-3-5(2)11-4-6(12)7(8,9)10/h5-6,11-12H,3-4H2,1-2H3. The van der Waals surface area contributed by atoms with Crippen LogP contribution in [0.3, 0.4) is 0 Å². The van der Waals surface area contributed by atoms with Gasteiger partial charge in [0.15, 0.2) is 6.10 Å². The van der Waals surface area contributed by atoms with Crippen LogP contribution in [0.2, 0.25) is 0 Å². The first-order valence-corrected chi connectivity index (χ1v) is 3.86. The molecular formula is C7H14F3NO. The number of halogens is 3. The summed E-state index contributed by atoms with van der Waals surface area (Å²) in [4.78, 5) is 0. The monoisotopic (exact) mass is 185 g/mol. The molecule has 0 aromatic heterocycles. The maximum atomic E-state index is 11.7. The smallest absolute Gasteiger partial charge is 0.382 e. The van der Waals surface area contributed by atoms with Crippen LogP contribution in [0, 0.1) is 0 Å². The fraction of sp³-hybridized carbons (Fsp3) is 1.00. The lowest BCUT2D eigenvalue weighted by atomic mass is 10.2. The van der Waals surface area contributed by atoms with Gasteiger partial charge in [-0.15, -0.1) is 0 Å². The first-order chi connectivity index (χ1) is 5.38. The highest BCUT2D eigenvalue weighted by atomic mass is 19.4. The fourth-order valence-electron chi connectivity index (χ4n) is 0.573. The van der Waals surface area contributed by atoms with Crippen molar-refractivity contribution in [3.63, 3.8) is 0 Å². The largest absolute Gasteiger partial charge is 0.415 e. The van der Waals surface area contributed by atoms with Crippen molar-refractivity contribution >= 4 is 0 Å². The molecule has 0 aromatic rings. The van der Waals surface area contributed by atoms with Crippen molar-refractivity contribution in [2.24, 2.45) is 0 Å². The summed E-state index contributed by atoms with van der Waals surface area (Å²) >= 11 is 0. The molecule has 0 radical (unpaired) electrons. The Kier molecular flexibility index (Phi) is 4.55. The molecule has 74 valence electrons. The molecule has 0 heterocycles. The highest BCUT2D eigenvalue weighted by molar-refractivity contribution is 4.70. The Bertz CT molecular complexity index is 126. The van der Waals surface area contributed by atoms with Crippen LogP contribution in [0.4, 0.5) is 13.2 Å². The van der Waals surface area contributed by atoms with E-state index in [1.165, 1.54) is 0 Å². The van der Waals surface area contributed by atoms with E-state index in [0.29, 0.717) is 0 Å². The molecule has 0 spiro atoms. The van der Waals surface area contributed by atoms with E-state index in [4.69, 9.17) is 5.11 Å². The van der Waals surface area contributed by atoms with Gasteiger partial charge in [-0.2, -0.15) is 13.2 Å². The molecule has 0 aromatic carbocycles. The third-order valence-electron chi connectivity index (χ3n) is 1.65. The van der Waals surface area contributed by atoms with Gasteiger partial charge in [0, 0.05) is 12.6 Å². The van der Waals surface area contributed by atoms with Gasteiger partial charge in [0.25, 0.3) is 0 Å². The van der Waals surface area contributed by atoms with Gasteiger partial charge in [-0.05, 0) is 13.3 Å². The fourth-order valence-corrected chi connectivity index (χ4v) is 0.573. The second kappa shape index (κ2) is 4.67. The summed E-state index contributed by atoms with van der Waals surface area (Å²) in [6.45, 7) is 3.19. The molecule has 0 fully saturated rings. The summed E-state index contributed by atoms with van der Waals surface area (Å²) in [7, 11) is 0. The molecule has 5 heteroatoms. The molecule has 0 rings (SSSR count). The Balaban J connectivity index is 3.64. The predicted molar refractivity (Wildman–Crippen MR) is 39.8 cm³/mol. The van der Waals surface area contributed by atoms with Crippen molar-refractivity contribution in [1.29, 1.82) is 0 Å². The third kappa shape index (κ3) is 4.56. The highest BCUT2D eigenvalue weighted by Gasteiger charge is 2.37. The van der Waals surface area contributed by atoms with Crippen LogP contribution in [0.1, 0.15) is 20.3 Å². The summed E-state index contributed by atoms with van der Waals surface area (Å²) < 4.78 is 35.1. The molecule has 0 saturated heterocycles. The van der Waals surface area contributed by atoms with Gasteiger partial charge < -0.3 is 10.4 Å². The molecule has 0 aliphatic carbocycles. The number of aliphatic hydroxyl groups is 1. The number of hydrogen-bond acceptors (Lipinski definition) is 2. The molecule has 0 aliphatic rings. The Morgan fingerprint density at radius 1 is 1.42 bits per heavy atom. The SMILES string of the molecule is CCC(C)NCC(O)C(F)(F)F. The van der Waals surface area contributed by atoms with Crippen molar-refractivity contribution in [3.8, 4) is 0 Å². The van der Waals surface area contributed by atoms with Crippen molar-refractivity contribution in [2.75, 3.05) is 6.54 Å². The van der Waals surface area contributed by atoms with E-state index in [-0.39, 0.29) is 6.04 Å². The number of alkyl halides is 3. The minimum Gasteiger partial charge on any atom is -0.382 e. The quantitative estimate of drug-likeness (QED) is 0.691. The average Bonchev–Trinajstić information content (AvgIpc) is 1.97. The van der Waals surface area contributed by atoms with Crippen molar-refractivity contribution in [1.82, 2.24) is 5.32 Å². The maximum Gasteiger partial charge on any atom is 0.415 e. The van der Waals surface area contributed by atoms with Gasteiger partial charge >= 0.3 is 6.18 Å². The topological polar surface area (TPSA) is 32.3 Å². The van der Waals surface area contributed by atoms with Crippen molar-refractivity contribution < 1.29 is 18.3 Å².